The molecule has 0 amide bonds. The summed E-state index contributed by atoms with van der Waals surface area (Å²) in [6, 6.07) is 6.01. The van der Waals surface area contributed by atoms with Gasteiger partial charge >= 0.3 is 5.97 Å². The number of nitrogens with one attached hydrogen (secondary N) is 1. The first kappa shape index (κ1) is 14.4. The summed E-state index contributed by atoms with van der Waals surface area (Å²) in [5, 5.41) is 12.1. The Morgan fingerprint density at radius 2 is 2.19 bits per heavy atom. The van der Waals surface area contributed by atoms with Gasteiger partial charge in [0.05, 0.1) is 10.2 Å². The number of carboxylic acids is 1. The van der Waals surface area contributed by atoms with Crippen molar-refractivity contribution in [1.29, 1.82) is 0 Å². The van der Waals surface area contributed by atoms with Crippen LogP contribution >= 0.6 is 11.3 Å². The van der Waals surface area contributed by atoms with E-state index in [0.29, 0.717) is 12.1 Å². The molecule has 0 saturated carbocycles. The molecule has 2 N–H and O–H groups in total. The van der Waals surface area contributed by atoms with Gasteiger partial charge in [0.2, 0.25) is 4.34 Å². The number of sulfonamides is 1. The van der Waals surface area contributed by atoms with Crippen LogP contribution in [0.3, 0.4) is 0 Å². The molecule has 1 aromatic heterocycles. The van der Waals surface area contributed by atoms with Gasteiger partial charge in [-0.05, 0) is 12.1 Å². The topological polar surface area (TPSA) is 99.6 Å². The third-order valence-electron chi connectivity index (χ3n) is 3.28. The molecule has 1 aromatic carbocycles. The largest absolute Gasteiger partial charge is 0.480 e. The average molecular weight is 327 g/mol. The van der Waals surface area contributed by atoms with E-state index in [1.807, 2.05) is 6.07 Å². The smallest absolute Gasteiger partial charge is 0.323 e. The van der Waals surface area contributed by atoms with Crippen LogP contribution in [0.25, 0.3) is 10.2 Å². The third-order valence-corrected chi connectivity index (χ3v) is 6.58. The number of rotatable bonds is 3. The fourth-order valence-corrected chi connectivity index (χ4v) is 5.17. The summed E-state index contributed by atoms with van der Waals surface area (Å²) < 4.78 is 27.0. The van der Waals surface area contributed by atoms with E-state index in [9.17, 15) is 18.3 Å². The molecule has 112 valence electrons. The number of hydrogen-bond acceptors (Lipinski definition) is 6. The van der Waals surface area contributed by atoms with Crippen molar-refractivity contribution in [2.75, 3.05) is 19.6 Å². The first-order valence-corrected chi connectivity index (χ1v) is 8.57. The standard InChI is InChI=1S/C12H13N3O4S2/c16-11(17)9-7-13-5-6-15(9)21(18,19)12-14-8-3-1-2-4-10(8)20-12/h1-4,9,13H,5-7H2,(H,16,17)/t9-/m1/s1. The average Bonchev–Trinajstić information content (AvgIpc) is 2.92. The number of hydrogen-bond donors (Lipinski definition) is 2. The van der Waals surface area contributed by atoms with Gasteiger partial charge in [0, 0.05) is 19.6 Å². The van der Waals surface area contributed by atoms with Crippen molar-refractivity contribution < 1.29 is 18.3 Å². The Labute approximate surface area is 125 Å². The Bertz CT molecular complexity index is 754. The Balaban J connectivity index is 2.04. The van der Waals surface area contributed by atoms with Crippen LogP contribution in [-0.4, -0.2) is 54.5 Å². The van der Waals surface area contributed by atoms with Crippen LogP contribution in [0, 0.1) is 0 Å². The van der Waals surface area contributed by atoms with Crippen LogP contribution in [0.1, 0.15) is 0 Å². The molecule has 21 heavy (non-hydrogen) atoms. The van der Waals surface area contributed by atoms with Crippen LogP contribution in [0.4, 0.5) is 0 Å². The molecule has 1 aliphatic heterocycles. The first-order chi connectivity index (χ1) is 10.00. The molecule has 9 heteroatoms. The lowest BCUT2D eigenvalue weighted by Gasteiger charge is -2.31. The van der Waals surface area contributed by atoms with E-state index in [2.05, 4.69) is 10.3 Å². The van der Waals surface area contributed by atoms with Gasteiger partial charge in [0.15, 0.2) is 0 Å². The fraction of sp³-hybridized carbons (Fsp3) is 0.333. The van der Waals surface area contributed by atoms with E-state index in [-0.39, 0.29) is 17.4 Å². The predicted molar refractivity (Wildman–Crippen MR) is 77.8 cm³/mol. The van der Waals surface area contributed by atoms with E-state index in [1.54, 1.807) is 18.2 Å². The first-order valence-electron chi connectivity index (χ1n) is 6.31. The second-order valence-corrected chi connectivity index (χ2v) is 7.72. The van der Waals surface area contributed by atoms with Gasteiger partial charge in [-0.3, -0.25) is 4.79 Å². The van der Waals surface area contributed by atoms with Gasteiger partial charge in [-0.1, -0.05) is 12.1 Å². The predicted octanol–water partition coefficient (Wildman–Crippen LogP) is 0.343. The van der Waals surface area contributed by atoms with Crippen molar-refractivity contribution in [3.63, 3.8) is 0 Å². The van der Waals surface area contributed by atoms with Crippen LogP contribution in [0.2, 0.25) is 0 Å². The molecule has 1 fully saturated rings. The van der Waals surface area contributed by atoms with Crippen molar-refractivity contribution in [2.24, 2.45) is 0 Å². The lowest BCUT2D eigenvalue weighted by atomic mass is 10.2. The van der Waals surface area contributed by atoms with Gasteiger partial charge in [-0.2, -0.15) is 4.31 Å². The highest BCUT2D eigenvalue weighted by Gasteiger charge is 2.39. The zero-order valence-corrected chi connectivity index (χ0v) is 12.5. The number of piperazine rings is 1. The maximum absolute atomic E-state index is 12.7. The maximum atomic E-state index is 12.7. The van der Waals surface area contributed by atoms with Gasteiger partial charge in [0.1, 0.15) is 6.04 Å². The number of fused-ring (bicyclic) bond motifs is 1. The molecule has 2 aromatic rings. The molecule has 0 radical (unpaired) electrons. The Morgan fingerprint density at radius 1 is 1.43 bits per heavy atom. The molecular weight excluding hydrogens is 314 g/mol. The van der Waals surface area contributed by atoms with Crippen molar-refractivity contribution in [3.05, 3.63) is 24.3 Å². The molecule has 0 bridgehead atoms. The van der Waals surface area contributed by atoms with E-state index < -0.39 is 22.0 Å². The second kappa shape index (κ2) is 5.34. The summed E-state index contributed by atoms with van der Waals surface area (Å²) >= 11 is 1.06. The fourth-order valence-electron chi connectivity index (χ4n) is 2.25. The molecule has 0 aliphatic carbocycles. The number of para-hydroxylation sites is 1. The molecule has 1 aliphatic rings. The molecule has 1 atom stereocenters. The summed E-state index contributed by atoms with van der Waals surface area (Å²) in [5.74, 6) is -1.16. The van der Waals surface area contributed by atoms with Crippen molar-refractivity contribution >= 4 is 37.5 Å². The Hall–Kier alpha value is -1.55. The van der Waals surface area contributed by atoms with Crippen LogP contribution < -0.4 is 5.32 Å². The lowest BCUT2D eigenvalue weighted by Crippen LogP contribution is -2.56. The van der Waals surface area contributed by atoms with E-state index >= 15 is 0 Å². The molecule has 0 spiro atoms. The van der Waals surface area contributed by atoms with Gasteiger partial charge in [-0.25, -0.2) is 13.4 Å². The highest BCUT2D eigenvalue weighted by Crippen LogP contribution is 2.28. The van der Waals surface area contributed by atoms with Gasteiger partial charge < -0.3 is 10.4 Å². The molecule has 3 rings (SSSR count). The van der Waals surface area contributed by atoms with E-state index in [4.69, 9.17) is 0 Å². The normalized spacial score (nSPS) is 20.7. The summed E-state index contributed by atoms with van der Waals surface area (Å²) in [4.78, 5) is 15.4. The second-order valence-electron chi connectivity index (χ2n) is 4.62. The van der Waals surface area contributed by atoms with E-state index in [1.165, 1.54) is 0 Å². The molecule has 2 heterocycles. The van der Waals surface area contributed by atoms with Gasteiger partial charge in [0.25, 0.3) is 10.0 Å². The number of aliphatic carboxylic acids is 1. The monoisotopic (exact) mass is 327 g/mol. The number of carbonyl (C=O) groups is 1. The highest BCUT2D eigenvalue weighted by atomic mass is 32.2. The van der Waals surface area contributed by atoms with E-state index in [0.717, 1.165) is 20.3 Å². The summed E-state index contributed by atoms with van der Waals surface area (Å²) in [5.41, 5.74) is 0.600. The molecular formula is C12H13N3O4S2. The zero-order valence-electron chi connectivity index (χ0n) is 10.9. The SMILES string of the molecule is O=C(O)[C@H]1CNCCN1S(=O)(=O)c1nc2ccccc2s1. The van der Waals surface area contributed by atoms with Gasteiger partial charge in [-0.15, -0.1) is 11.3 Å². The Kier molecular flexibility index (Phi) is 3.66. The summed E-state index contributed by atoms with van der Waals surface area (Å²) in [6.07, 6.45) is 0. The maximum Gasteiger partial charge on any atom is 0.323 e. The molecule has 1 saturated heterocycles. The molecule has 0 unspecified atom stereocenters. The minimum atomic E-state index is -3.90. The number of aromatic nitrogens is 1. The van der Waals surface area contributed by atoms with Crippen LogP contribution in [-0.2, 0) is 14.8 Å². The number of carboxylic acid groups (broad SMARTS) is 1. The summed E-state index contributed by atoms with van der Waals surface area (Å²) in [7, 11) is -3.90. The van der Waals surface area contributed by atoms with Crippen LogP contribution in [0.15, 0.2) is 28.6 Å². The summed E-state index contributed by atoms with van der Waals surface area (Å²) in [6.45, 7) is 0.641. The van der Waals surface area contributed by atoms with Crippen molar-refractivity contribution in [2.45, 2.75) is 10.4 Å². The third kappa shape index (κ3) is 2.53. The number of nitrogens with zero attached hydrogens (tertiary/aromatic N) is 2. The number of thiazole rings is 1. The number of benzene rings is 1. The Morgan fingerprint density at radius 3 is 2.90 bits per heavy atom. The zero-order chi connectivity index (χ0) is 15.0. The van der Waals surface area contributed by atoms with Crippen molar-refractivity contribution in [3.8, 4) is 0 Å². The quantitative estimate of drug-likeness (QED) is 0.843. The highest BCUT2D eigenvalue weighted by molar-refractivity contribution is 7.91. The lowest BCUT2D eigenvalue weighted by molar-refractivity contribution is -0.141. The minimum Gasteiger partial charge on any atom is -0.480 e. The van der Waals surface area contributed by atoms with Crippen molar-refractivity contribution in [1.82, 2.24) is 14.6 Å². The minimum absolute atomic E-state index is 0.0585. The molecule has 7 nitrogen and oxygen atoms in total. The van der Waals surface area contributed by atoms with Crippen LogP contribution in [0.5, 0.6) is 0 Å².